The quantitative estimate of drug-likeness (QED) is 0.674. The first-order chi connectivity index (χ1) is 9.47. The zero-order chi connectivity index (χ0) is 14.7. The maximum absolute atomic E-state index is 10.9. The summed E-state index contributed by atoms with van der Waals surface area (Å²) in [6, 6.07) is 10.3. The number of hydrogen-bond donors (Lipinski definition) is 1. The number of benzene rings is 2. The molecule has 20 heavy (non-hydrogen) atoms. The fourth-order valence-corrected chi connectivity index (χ4v) is 3.74. The molecule has 1 N–H and O–H groups in total. The lowest BCUT2D eigenvalue weighted by molar-refractivity contribution is 0.0697. The molecule has 0 amide bonds. The van der Waals surface area contributed by atoms with Crippen LogP contribution in [-0.4, -0.2) is 11.1 Å². The highest BCUT2D eigenvalue weighted by molar-refractivity contribution is 9.10. The lowest BCUT2D eigenvalue weighted by Gasteiger charge is -2.07. The zero-order valence-corrected chi connectivity index (χ0v) is 14.0. The normalized spacial score (nSPS) is 10.6. The molecule has 0 spiro atoms. The van der Waals surface area contributed by atoms with Crippen LogP contribution in [0, 0.1) is 0 Å². The number of thioether (sulfide) groups is 1. The van der Waals surface area contributed by atoms with Crippen LogP contribution in [0.3, 0.4) is 0 Å². The van der Waals surface area contributed by atoms with Gasteiger partial charge in [0.25, 0.3) is 0 Å². The molecule has 2 aromatic carbocycles. The first-order valence-corrected chi connectivity index (χ1v) is 8.10. The van der Waals surface area contributed by atoms with Crippen molar-refractivity contribution >= 4 is 56.9 Å². The molecule has 104 valence electrons. The van der Waals surface area contributed by atoms with Gasteiger partial charge in [-0.1, -0.05) is 45.2 Å². The van der Waals surface area contributed by atoms with Gasteiger partial charge in [-0.2, -0.15) is 0 Å². The van der Waals surface area contributed by atoms with Crippen LogP contribution in [0.15, 0.2) is 45.8 Å². The third-order valence-corrected chi connectivity index (χ3v) is 5.10. The number of halogens is 3. The van der Waals surface area contributed by atoms with E-state index < -0.39 is 5.97 Å². The van der Waals surface area contributed by atoms with Gasteiger partial charge < -0.3 is 5.11 Å². The van der Waals surface area contributed by atoms with Crippen molar-refractivity contribution in [2.75, 3.05) is 0 Å². The molecule has 0 bridgehead atoms. The summed E-state index contributed by atoms with van der Waals surface area (Å²) in [5, 5.41) is 10.2. The number of carbonyl (C=O) groups is 1. The lowest BCUT2D eigenvalue weighted by atomic mass is 10.1. The molecule has 2 nitrogen and oxygen atoms in total. The largest absolute Gasteiger partial charge is 0.478 e. The Kier molecular flexibility index (Phi) is 5.38. The Labute approximate surface area is 139 Å². The van der Waals surface area contributed by atoms with E-state index in [0.717, 1.165) is 14.9 Å². The van der Waals surface area contributed by atoms with Crippen LogP contribution in [-0.2, 0) is 5.75 Å². The van der Waals surface area contributed by atoms with E-state index in [1.165, 1.54) is 0 Å². The van der Waals surface area contributed by atoms with Gasteiger partial charge in [-0.25, -0.2) is 4.79 Å². The number of carboxylic acids is 1. The molecule has 0 aliphatic carbocycles. The molecule has 2 rings (SSSR count). The van der Waals surface area contributed by atoms with Gasteiger partial charge in [0.1, 0.15) is 0 Å². The van der Waals surface area contributed by atoms with Crippen molar-refractivity contribution in [3.63, 3.8) is 0 Å². The van der Waals surface area contributed by atoms with E-state index in [1.54, 1.807) is 42.1 Å². The first-order valence-electron chi connectivity index (χ1n) is 5.57. The van der Waals surface area contributed by atoms with Crippen LogP contribution in [0.25, 0.3) is 0 Å². The van der Waals surface area contributed by atoms with E-state index in [4.69, 9.17) is 28.3 Å². The maximum Gasteiger partial charge on any atom is 0.335 e. The van der Waals surface area contributed by atoms with Crippen LogP contribution in [0.2, 0.25) is 10.0 Å². The molecule has 0 saturated carbocycles. The van der Waals surface area contributed by atoms with Crippen molar-refractivity contribution in [2.45, 2.75) is 10.6 Å². The average molecular weight is 392 g/mol. The molecular formula is C14H9BrCl2O2S. The molecule has 0 radical (unpaired) electrons. The summed E-state index contributed by atoms with van der Waals surface area (Å²) in [5.74, 6) is -0.275. The highest BCUT2D eigenvalue weighted by atomic mass is 79.9. The standard InChI is InChI=1S/C14H9BrCl2O2S/c15-11-5-8(14(18)19)1-2-9(11)7-20-13-6-10(16)3-4-12(13)17/h1-6H,7H2,(H,18,19). The molecule has 0 saturated heterocycles. The summed E-state index contributed by atoms with van der Waals surface area (Å²) in [5.41, 5.74) is 1.25. The first kappa shape index (κ1) is 15.7. The van der Waals surface area contributed by atoms with Crippen molar-refractivity contribution in [3.05, 3.63) is 62.0 Å². The van der Waals surface area contributed by atoms with E-state index in [1.807, 2.05) is 6.07 Å². The third-order valence-electron chi connectivity index (χ3n) is 2.58. The minimum atomic E-state index is -0.942. The number of aromatic carboxylic acids is 1. The van der Waals surface area contributed by atoms with Crippen molar-refractivity contribution < 1.29 is 9.90 Å². The van der Waals surface area contributed by atoms with Gasteiger partial charge in [-0.05, 0) is 35.9 Å². The number of rotatable bonds is 4. The van der Waals surface area contributed by atoms with Gasteiger partial charge in [-0.3, -0.25) is 0 Å². The van der Waals surface area contributed by atoms with Gasteiger partial charge in [0, 0.05) is 20.1 Å². The van der Waals surface area contributed by atoms with E-state index in [0.29, 0.717) is 15.8 Å². The molecule has 0 heterocycles. The Morgan fingerprint density at radius 1 is 1.20 bits per heavy atom. The van der Waals surface area contributed by atoms with Gasteiger partial charge >= 0.3 is 5.97 Å². The molecule has 0 fully saturated rings. The highest BCUT2D eigenvalue weighted by Gasteiger charge is 2.08. The summed E-state index contributed by atoms with van der Waals surface area (Å²) in [6.45, 7) is 0. The second kappa shape index (κ2) is 6.85. The van der Waals surface area contributed by atoms with Crippen molar-refractivity contribution in [1.82, 2.24) is 0 Å². The number of carboxylic acid groups (broad SMARTS) is 1. The molecular weight excluding hydrogens is 383 g/mol. The van der Waals surface area contributed by atoms with Crippen LogP contribution < -0.4 is 0 Å². The van der Waals surface area contributed by atoms with Crippen molar-refractivity contribution in [3.8, 4) is 0 Å². The zero-order valence-electron chi connectivity index (χ0n) is 10.1. The van der Waals surface area contributed by atoms with Crippen LogP contribution >= 0.6 is 50.9 Å². The molecule has 0 aromatic heterocycles. The molecule has 0 unspecified atom stereocenters. The van der Waals surface area contributed by atoms with Crippen LogP contribution in [0.1, 0.15) is 15.9 Å². The predicted octanol–water partition coefficient (Wildman–Crippen LogP) is 5.75. The van der Waals surface area contributed by atoms with Gasteiger partial charge in [-0.15, -0.1) is 11.8 Å². The summed E-state index contributed by atoms with van der Waals surface area (Å²) in [6.07, 6.45) is 0. The van der Waals surface area contributed by atoms with Crippen LogP contribution in [0.4, 0.5) is 0 Å². The maximum atomic E-state index is 10.9. The van der Waals surface area contributed by atoms with E-state index >= 15 is 0 Å². The molecule has 0 aliphatic rings. The summed E-state index contributed by atoms with van der Waals surface area (Å²) in [4.78, 5) is 11.8. The molecule has 2 aromatic rings. The van der Waals surface area contributed by atoms with E-state index in [9.17, 15) is 4.79 Å². The lowest BCUT2D eigenvalue weighted by Crippen LogP contribution is -1.96. The molecule has 0 aliphatic heterocycles. The Morgan fingerprint density at radius 2 is 1.95 bits per heavy atom. The number of hydrogen-bond acceptors (Lipinski definition) is 2. The molecule has 6 heteroatoms. The summed E-state index contributed by atoms with van der Waals surface area (Å²) < 4.78 is 0.767. The second-order valence-electron chi connectivity index (χ2n) is 3.97. The fourth-order valence-electron chi connectivity index (χ4n) is 1.54. The van der Waals surface area contributed by atoms with Gasteiger partial charge in [0.15, 0.2) is 0 Å². The van der Waals surface area contributed by atoms with Gasteiger partial charge in [0.2, 0.25) is 0 Å². The summed E-state index contributed by atoms with van der Waals surface area (Å²) in [7, 11) is 0. The van der Waals surface area contributed by atoms with Crippen molar-refractivity contribution in [2.24, 2.45) is 0 Å². The minimum Gasteiger partial charge on any atom is -0.478 e. The highest BCUT2D eigenvalue weighted by Crippen LogP contribution is 2.33. The van der Waals surface area contributed by atoms with E-state index in [-0.39, 0.29) is 5.56 Å². The van der Waals surface area contributed by atoms with Crippen molar-refractivity contribution in [1.29, 1.82) is 0 Å². The van der Waals surface area contributed by atoms with Crippen LogP contribution in [0.5, 0.6) is 0 Å². The minimum absolute atomic E-state index is 0.256. The Balaban J connectivity index is 2.15. The second-order valence-corrected chi connectivity index (χ2v) is 6.69. The Bertz CT molecular complexity index is 662. The van der Waals surface area contributed by atoms with Gasteiger partial charge in [0.05, 0.1) is 10.6 Å². The smallest absolute Gasteiger partial charge is 0.335 e. The topological polar surface area (TPSA) is 37.3 Å². The Morgan fingerprint density at radius 3 is 2.60 bits per heavy atom. The third kappa shape index (κ3) is 3.92. The van der Waals surface area contributed by atoms with E-state index in [2.05, 4.69) is 15.9 Å². The fraction of sp³-hybridized carbons (Fsp3) is 0.0714. The summed E-state index contributed by atoms with van der Waals surface area (Å²) >= 11 is 17.0. The predicted molar refractivity (Wildman–Crippen MR) is 87.1 cm³/mol. The molecule has 0 atom stereocenters. The monoisotopic (exact) mass is 390 g/mol. The SMILES string of the molecule is O=C(O)c1ccc(CSc2cc(Cl)ccc2Cl)c(Br)c1. The average Bonchev–Trinajstić information content (AvgIpc) is 2.40. The Hall–Kier alpha value is -0.680.